The summed E-state index contributed by atoms with van der Waals surface area (Å²) in [5.74, 6) is 0. The first kappa shape index (κ1) is 16.3. The molecule has 0 saturated heterocycles. The molecule has 4 nitrogen and oxygen atoms in total. The monoisotopic (exact) mass is 332 g/mol. The van der Waals surface area contributed by atoms with Gasteiger partial charge in [-0.2, -0.15) is 5.26 Å². The van der Waals surface area contributed by atoms with E-state index in [4.69, 9.17) is 0 Å². The molecule has 1 N–H and O–H groups in total. The van der Waals surface area contributed by atoms with Gasteiger partial charge in [-0.25, -0.2) is 8.42 Å². The van der Waals surface area contributed by atoms with Crippen LogP contribution in [0.2, 0.25) is 0 Å². The molecule has 1 aromatic heterocycles. The van der Waals surface area contributed by atoms with Gasteiger partial charge in [0.15, 0.2) is 4.91 Å². The predicted molar refractivity (Wildman–Crippen MR) is 91.1 cm³/mol. The number of nitrogens with one attached hydrogen (secondary N) is 1. The minimum absolute atomic E-state index is 0.293. The van der Waals surface area contributed by atoms with Crippen molar-refractivity contribution < 1.29 is 8.42 Å². The van der Waals surface area contributed by atoms with Gasteiger partial charge in [-0.3, -0.25) is 4.72 Å². The Balaban J connectivity index is 2.38. The van der Waals surface area contributed by atoms with E-state index < -0.39 is 10.0 Å². The Morgan fingerprint density at radius 3 is 2.50 bits per heavy atom. The molecule has 0 spiro atoms. The number of allylic oxidation sites excluding steroid dienone is 1. The fourth-order valence-corrected chi connectivity index (χ4v) is 3.90. The topological polar surface area (TPSA) is 70.0 Å². The first-order chi connectivity index (χ1) is 10.3. The van der Waals surface area contributed by atoms with E-state index in [-0.39, 0.29) is 4.91 Å². The van der Waals surface area contributed by atoms with E-state index in [0.29, 0.717) is 5.69 Å². The lowest BCUT2D eigenvalue weighted by Crippen LogP contribution is -2.15. The van der Waals surface area contributed by atoms with E-state index in [1.165, 1.54) is 17.4 Å². The van der Waals surface area contributed by atoms with Crippen molar-refractivity contribution in [2.45, 2.75) is 20.8 Å². The molecule has 0 radical (unpaired) electrons. The molecule has 0 saturated carbocycles. The minimum Gasteiger partial charge on any atom is -0.279 e. The molecule has 0 amide bonds. The third-order valence-corrected chi connectivity index (χ3v) is 5.43. The number of sulfonamides is 1. The van der Waals surface area contributed by atoms with Gasteiger partial charge in [0.1, 0.15) is 6.07 Å². The SMILES string of the molecule is Cc1ccc(NS(=O)(=O)/C(C#N)=C/c2sccc2C)c(C)c1. The Morgan fingerprint density at radius 1 is 1.23 bits per heavy atom. The maximum Gasteiger partial charge on any atom is 0.272 e. The second-order valence-corrected chi connectivity index (χ2v) is 7.61. The van der Waals surface area contributed by atoms with Gasteiger partial charge in [0.05, 0.1) is 5.69 Å². The lowest BCUT2D eigenvalue weighted by atomic mass is 10.1. The fraction of sp³-hybridized carbons (Fsp3) is 0.188. The van der Waals surface area contributed by atoms with Crippen LogP contribution in [0.1, 0.15) is 21.6 Å². The van der Waals surface area contributed by atoms with E-state index in [1.807, 2.05) is 44.4 Å². The molecule has 0 unspecified atom stereocenters. The van der Waals surface area contributed by atoms with Crippen molar-refractivity contribution in [3.05, 3.63) is 56.1 Å². The lowest BCUT2D eigenvalue weighted by Gasteiger charge is -2.10. The van der Waals surface area contributed by atoms with Crippen LogP contribution in [0.3, 0.4) is 0 Å². The zero-order valence-electron chi connectivity index (χ0n) is 12.5. The number of hydrogen-bond donors (Lipinski definition) is 1. The standard InChI is InChI=1S/C16H16N2O2S2/c1-11-4-5-15(13(3)8-11)18-22(19,20)14(10-17)9-16-12(2)6-7-21-16/h4-9,18H,1-3H3/b14-9+. The summed E-state index contributed by atoms with van der Waals surface area (Å²) in [4.78, 5) is 0.473. The highest BCUT2D eigenvalue weighted by Crippen LogP contribution is 2.24. The molecule has 0 fully saturated rings. The van der Waals surface area contributed by atoms with Crippen molar-refractivity contribution in [1.82, 2.24) is 0 Å². The van der Waals surface area contributed by atoms with E-state index in [1.54, 1.807) is 12.1 Å². The van der Waals surface area contributed by atoms with Gasteiger partial charge in [-0.15, -0.1) is 11.3 Å². The van der Waals surface area contributed by atoms with Crippen LogP contribution in [0, 0.1) is 32.1 Å². The van der Waals surface area contributed by atoms with Crippen LogP contribution in [0.15, 0.2) is 34.6 Å². The number of aryl methyl sites for hydroxylation is 3. The van der Waals surface area contributed by atoms with Gasteiger partial charge in [0, 0.05) is 4.88 Å². The Labute approximate surface area is 134 Å². The summed E-state index contributed by atoms with van der Waals surface area (Å²) in [6.45, 7) is 5.64. The lowest BCUT2D eigenvalue weighted by molar-refractivity contribution is 0.608. The molecular formula is C16H16N2O2S2. The zero-order valence-corrected chi connectivity index (χ0v) is 14.2. The molecule has 1 aromatic carbocycles. The van der Waals surface area contributed by atoms with Crippen LogP contribution in [0.4, 0.5) is 5.69 Å². The van der Waals surface area contributed by atoms with E-state index in [0.717, 1.165) is 21.6 Å². The number of hydrogen-bond acceptors (Lipinski definition) is 4. The summed E-state index contributed by atoms with van der Waals surface area (Å²) in [5, 5.41) is 11.1. The van der Waals surface area contributed by atoms with Crippen LogP contribution in [-0.4, -0.2) is 8.42 Å². The number of nitrogens with zero attached hydrogens (tertiary/aromatic N) is 1. The molecule has 0 atom stereocenters. The number of nitriles is 1. The molecule has 6 heteroatoms. The third kappa shape index (κ3) is 3.56. The van der Waals surface area contributed by atoms with Crippen LogP contribution in [0.25, 0.3) is 6.08 Å². The van der Waals surface area contributed by atoms with Crippen LogP contribution in [-0.2, 0) is 10.0 Å². The zero-order chi connectivity index (χ0) is 16.3. The number of thiophene rings is 1. The second kappa shape index (κ2) is 6.34. The molecule has 0 aliphatic heterocycles. The second-order valence-electron chi connectivity index (χ2n) is 5.01. The Morgan fingerprint density at radius 2 is 1.95 bits per heavy atom. The van der Waals surface area contributed by atoms with Gasteiger partial charge < -0.3 is 0 Å². The Bertz CT molecular complexity index is 872. The summed E-state index contributed by atoms with van der Waals surface area (Å²) in [5.41, 5.74) is 3.29. The van der Waals surface area contributed by atoms with Gasteiger partial charge in [0.25, 0.3) is 10.0 Å². The van der Waals surface area contributed by atoms with Crippen molar-refractivity contribution in [1.29, 1.82) is 5.26 Å². The minimum atomic E-state index is -3.90. The van der Waals surface area contributed by atoms with E-state index in [2.05, 4.69) is 4.72 Å². The molecule has 0 aliphatic carbocycles. The van der Waals surface area contributed by atoms with Crippen LogP contribution in [0.5, 0.6) is 0 Å². The first-order valence-electron chi connectivity index (χ1n) is 6.59. The molecule has 1 heterocycles. The average Bonchev–Trinajstić information content (AvgIpc) is 2.84. The van der Waals surface area contributed by atoms with Crippen molar-refractivity contribution in [3.8, 4) is 6.07 Å². The highest BCUT2D eigenvalue weighted by Gasteiger charge is 2.19. The number of benzene rings is 1. The van der Waals surface area contributed by atoms with Gasteiger partial charge in [-0.05, 0) is 55.5 Å². The predicted octanol–water partition coefficient (Wildman–Crippen LogP) is 3.98. The number of anilines is 1. The highest BCUT2D eigenvalue weighted by molar-refractivity contribution is 7.97. The van der Waals surface area contributed by atoms with Crippen molar-refractivity contribution in [2.75, 3.05) is 4.72 Å². The van der Waals surface area contributed by atoms with E-state index in [9.17, 15) is 13.7 Å². The molecule has 114 valence electrons. The first-order valence-corrected chi connectivity index (χ1v) is 8.96. The molecule has 2 rings (SSSR count). The third-order valence-electron chi connectivity index (χ3n) is 3.19. The maximum atomic E-state index is 12.4. The summed E-state index contributed by atoms with van der Waals surface area (Å²) >= 11 is 1.40. The van der Waals surface area contributed by atoms with Gasteiger partial charge in [-0.1, -0.05) is 17.7 Å². The van der Waals surface area contributed by atoms with Crippen molar-refractivity contribution in [3.63, 3.8) is 0 Å². The van der Waals surface area contributed by atoms with Crippen molar-refractivity contribution >= 4 is 33.1 Å². The summed E-state index contributed by atoms with van der Waals surface area (Å²) < 4.78 is 27.3. The van der Waals surface area contributed by atoms with Gasteiger partial charge >= 0.3 is 0 Å². The average molecular weight is 332 g/mol. The summed E-state index contributed by atoms with van der Waals surface area (Å²) in [6.07, 6.45) is 1.41. The summed E-state index contributed by atoms with van der Waals surface area (Å²) in [6, 6.07) is 9.07. The van der Waals surface area contributed by atoms with Crippen LogP contribution < -0.4 is 4.72 Å². The van der Waals surface area contributed by atoms with E-state index >= 15 is 0 Å². The normalized spacial score (nSPS) is 12.0. The van der Waals surface area contributed by atoms with Crippen LogP contribution >= 0.6 is 11.3 Å². The Hall–Kier alpha value is -2.10. The molecule has 0 aliphatic rings. The smallest absolute Gasteiger partial charge is 0.272 e. The van der Waals surface area contributed by atoms with Gasteiger partial charge in [0.2, 0.25) is 0 Å². The fourth-order valence-electron chi connectivity index (χ4n) is 1.95. The Kier molecular flexibility index (Phi) is 4.69. The number of rotatable bonds is 4. The maximum absolute atomic E-state index is 12.4. The summed E-state index contributed by atoms with van der Waals surface area (Å²) in [7, 11) is -3.90. The van der Waals surface area contributed by atoms with Crippen molar-refractivity contribution in [2.24, 2.45) is 0 Å². The molecule has 22 heavy (non-hydrogen) atoms. The largest absolute Gasteiger partial charge is 0.279 e. The molecule has 2 aromatic rings. The molecular weight excluding hydrogens is 316 g/mol. The molecule has 0 bridgehead atoms. The highest BCUT2D eigenvalue weighted by atomic mass is 32.2. The quantitative estimate of drug-likeness (QED) is 0.861.